The van der Waals surface area contributed by atoms with Crippen LogP contribution in [-0.4, -0.2) is 36.0 Å². The van der Waals surface area contributed by atoms with Crippen molar-refractivity contribution >= 4 is 5.91 Å². The first-order chi connectivity index (χ1) is 10.8. The Balaban J connectivity index is 2.16. The lowest BCUT2D eigenvalue weighted by Crippen LogP contribution is -2.36. The summed E-state index contributed by atoms with van der Waals surface area (Å²) >= 11 is 0. The zero-order valence-electron chi connectivity index (χ0n) is 15.0. The van der Waals surface area contributed by atoms with Gasteiger partial charge in [-0.2, -0.15) is 0 Å². The highest BCUT2D eigenvalue weighted by molar-refractivity contribution is 5.97. The molecule has 0 aliphatic rings. The fourth-order valence-corrected chi connectivity index (χ4v) is 3.19. The molecule has 0 saturated carbocycles. The average Bonchev–Trinajstić information content (AvgIpc) is 2.83. The number of likely N-dealkylation sites (N-methyl/N-ethyl adjacent to an activating group) is 1. The second-order valence-electron chi connectivity index (χ2n) is 6.51. The first-order valence-corrected chi connectivity index (χ1v) is 7.95. The highest BCUT2D eigenvalue weighted by atomic mass is 16.1. The van der Waals surface area contributed by atoms with Crippen LogP contribution in [0.5, 0.6) is 0 Å². The minimum atomic E-state index is 0.000981. The number of carbonyl (C=O) groups excluding carboxylic acids is 1. The minimum absolute atomic E-state index is 0.000981. The number of hydrogen-bond donors (Lipinski definition) is 1. The Morgan fingerprint density at radius 1 is 1.22 bits per heavy atom. The fourth-order valence-electron chi connectivity index (χ4n) is 3.19. The third-order valence-electron chi connectivity index (χ3n) is 4.31. The van der Waals surface area contributed by atoms with E-state index in [9.17, 15) is 4.79 Å². The summed E-state index contributed by atoms with van der Waals surface area (Å²) in [5.74, 6) is 0.000981. The summed E-state index contributed by atoms with van der Waals surface area (Å²) in [5, 5.41) is 3.10. The smallest absolute Gasteiger partial charge is 0.251 e. The van der Waals surface area contributed by atoms with Crippen LogP contribution in [0.1, 0.15) is 38.8 Å². The van der Waals surface area contributed by atoms with E-state index in [2.05, 4.69) is 39.9 Å². The van der Waals surface area contributed by atoms with Gasteiger partial charge in [0.05, 0.1) is 6.04 Å². The number of rotatable bonds is 5. The number of aromatic nitrogens is 1. The number of hydrogen-bond acceptors (Lipinski definition) is 2. The second kappa shape index (κ2) is 7.01. The van der Waals surface area contributed by atoms with Crippen LogP contribution in [0.2, 0.25) is 0 Å². The molecule has 0 saturated heterocycles. The Labute approximate surface area is 139 Å². The van der Waals surface area contributed by atoms with Gasteiger partial charge in [0.1, 0.15) is 0 Å². The number of nitrogens with zero attached hydrogens (tertiary/aromatic N) is 2. The molecule has 1 N–H and O–H groups in total. The lowest BCUT2D eigenvalue weighted by molar-refractivity contribution is 0.0940. The summed E-state index contributed by atoms with van der Waals surface area (Å²) in [4.78, 5) is 14.8. The van der Waals surface area contributed by atoms with Crippen molar-refractivity contribution in [2.24, 2.45) is 7.05 Å². The standard InChI is InChI=1S/C19H27N3O/c1-13-10-14(2)18(15(3)11-13)19(23)20-12-17(21(4)5)16-8-7-9-22(16)6/h7-11,17H,12H2,1-6H3,(H,20,23)/t17-/m0/s1. The van der Waals surface area contributed by atoms with Crippen molar-refractivity contribution in [1.29, 1.82) is 0 Å². The number of aryl methyl sites for hydroxylation is 4. The summed E-state index contributed by atoms with van der Waals surface area (Å²) in [6.45, 7) is 6.63. The van der Waals surface area contributed by atoms with Crippen LogP contribution in [0, 0.1) is 20.8 Å². The molecule has 4 heteroatoms. The van der Waals surface area contributed by atoms with Gasteiger partial charge in [-0.25, -0.2) is 0 Å². The molecule has 0 fully saturated rings. The zero-order valence-corrected chi connectivity index (χ0v) is 15.0. The van der Waals surface area contributed by atoms with Crippen LogP contribution in [0.15, 0.2) is 30.5 Å². The molecular weight excluding hydrogens is 286 g/mol. The van der Waals surface area contributed by atoms with E-state index in [4.69, 9.17) is 0 Å². The van der Waals surface area contributed by atoms with Crippen molar-refractivity contribution in [2.45, 2.75) is 26.8 Å². The first-order valence-electron chi connectivity index (χ1n) is 7.95. The molecule has 0 unspecified atom stereocenters. The highest BCUT2D eigenvalue weighted by Gasteiger charge is 2.19. The lowest BCUT2D eigenvalue weighted by Gasteiger charge is -2.25. The van der Waals surface area contributed by atoms with Crippen LogP contribution in [0.25, 0.3) is 0 Å². The predicted molar refractivity (Wildman–Crippen MR) is 94.8 cm³/mol. The molecule has 1 atom stereocenters. The van der Waals surface area contributed by atoms with E-state index in [1.807, 2.05) is 47.3 Å². The normalized spacial score (nSPS) is 12.5. The van der Waals surface area contributed by atoms with Crippen molar-refractivity contribution in [3.63, 3.8) is 0 Å². The van der Waals surface area contributed by atoms with Crippen molar-refractivity contribution in [2.75, 3.05) is 20.6 Å². The van der Waals surface area contributed by atoms with Gasteiger partial charge in [-0.3, -0.25) is 9.69 Å². The van der Waals surface area contributed by atoms with Crippen LogP contribution in [0.3, 0.4) is 0 Å². The molecule has 0 radical (unpaired) electrons. The Kier molecular flexibility index (Phi) is 5.26. The Morgan fingerprint density at radius 3 is 2.30 bits per heavy atom. The Bertz CT molecular complexity index is 677. The molecule has 1 aromatic carbocycles. The van der Waals surface area contributed by atoms with Gasteiger partial charge in [-0.05, 0) is 58.1 Å². The molecule has 0 bridgehead atoms. The number of amides is 1. The van der Waals surface area contributed by atoms with Gasteiger partial charge in [-0.1, -0.05) is 17.7 Å². The molecule has 23 heavy (non-hydrogen) atoms. The number of benzene rings is 1. The number of carbonyl (C=O) groups is 1. The molecule has 0 aliphatic heterocycles. The van der Waals surface area contributed by atoms with E-state index in [0.29, 0.717) is 6.54 Å². The van der Waals surface area contributed by atoms with Crippen molar-refractivity contribution < 1.29 is 4.79 Å². The Hall–Kier alpha value is -2.07. The van der Waals surface area contributed by atoms with Crippen molar-refractivity contribution in [3.8, 4) is 0 Å². The zero-order chi connectivity index (χ0) is 17.1. The molecule has 4 nitrogen and oxygen atoms in total. The Morgan fingerprint density at radius 2 is 1.83 bits per heavy atom. The first kappa shape index (κ1) is 17.3. The van der Waals surface area contributed by atoms with E-state index < -0.39 is 0 Å². The third kappa shape index (κ3) is 3.82. The monoisotopic (exact) mass is 313 g/mol. The van der Waals surface area contributed by atoms with Crippen LogP contribution >= 0.6 is 0 Å². The third-order valence-corrected chi connectivity index (χ3v) is 4.31. The molecule has 1 amide bonds. The summed E-state index contributed by atoms with van der Waals surface area (Å²) < 4.78 is 2.10. The van der Waals surface area contributed by atoms with Crippen LogP contribution in [-0.2, 0) is 7.05 Å². The van der Waals surface area contributed by atoms with Gasteiger partial charge >= 0.3 is 0 Å². The molecule has 1 aromatic heterocycles. The quantitative estimate of drug-likeness (QED) is 0.921. The van der Waals surface area contributed by atoms with Gasteiger partial charge in [0, 0.05) is 31.0 Å². The highest BCUT2D eigenvalue weighted by Crippen LogP contribution is 2.19. The SMILES string of the molecule is Cc1cc(C)c(C(=O)NC[C@@H](c2cccn2C)N(C)C)c(C)c1. The van der Waals surface area contributed by atoms with Crippen molar-refractivity contribution in [1.82, 2.24) is 14.8 Å². The molecule has 1 heterocycles. The maximum Gasteiger partial charge on any atom is 0.251 e. The molecule has 124 valence electrons. The molecular formula is C19H27N3O. The average molecular weight is 313 g/mol. The summed E-state index contributed by atoms with van der Waals surface area (Å²) in [6, 6.07) is 8.39. The number of nitrogens with one attached hydrogen (secondary N) is 1. The summed E-state index contributed by atoms with van der Waals surface area (Å²) in [5.41, 5.74) is 5.22. The second-order valence-corrected chi connectivity index (χ2v) is 6.51. The van der Waals surface area contributed by atoms with E-state index in [-0.39, 0.29) is 11.9 Å². The summed E-state index contributed by atoms with van der Waals surface area (Å²) in [6.07, 6.45) is 2.03. The minimum Gasteiger partial charge on any atom is -0.353 e. The van der Waals surface area contributed by atoms with Gasteiger partial charge in [0.25, 0.3) is 5.91 Å². The molecule has 0 spiro atoms. The van der Waals surface area contributed by atoms with Crippen LogP contribution < -0.4 is 5.32 Å². The maximum atomic E-state index is 12.6. The molecule has 2 rings (SSSR count). The van der Waals surface area contributed by atoms with Gasteiger partial charge in [0.2, 0.25) is 0 Å². The van der Waals surface area contributed by atoms with Gasteiger partial charge in [0.15, 0.2) is 0 Å². The van der Waals surface area contributed by atoms with Crippen molar-refractivity contribution in [3.05, 3.63) is 58.4 Å². The summed E-state index contributed by atoms with van der Waals surface area (Å²) in [7, 11) is 6.10. The predicted octanol–water partition coefficient (Wildman–Crippen LogP) is 2.98. The van der Waals surface area contributed by atoms with E-state index in [0.717, 1.165) is 16.7 Å². The van der Waals surface area contributed by atoms with Gasteiger partial charge < -0.3 is 9.88 Å². The van der Waals surface area contributed by atoms with E-state index >= 15 is 0 Å². The van der Waals surface area contributed by atoms with E-state index in [1.54, 1.807) is 0 Å². The largest absolute Gasteiger partial charge is 0.353 e. The molecule has 0 aliphatic carbocycles. The van der Waals surface area contributed by atoms with Gasteiger partial charge in [-0.15, -0.1) is 0 Å². The maximum absolute atomic E-state index is 12.6. The van der Waals surface area contributed by atoms with Crippen LogP contribution in [0.4, 0.5) is 0 Å². The fraction of sp³-hybridized carbons (Fsp3) is 0.421. The molecule has 2 aromatic rings. The van der Waals surface area contributed by atoms with E-state index in [1.165, 1.54) is 11.3 Å². The lowest BCUT2D eigenvalue weighted by atomic mass is 9.99. The topological polar surface area (TPSA) is 37.3 Å².